The monoisotopic (exact) mass is 172 g/mol. The Balaban J connectivity index is 2.76. The van der Waals surface area contributed by atoms with E-state index >= 15 is 0 Å². The Bertz CT molecular complexity index is 360. The Morgan fingerprint density at radius 2 is 2.08 bits per heavy atom. The summed E-state index contributed by atoms with van der Waals surface area (Å²) in [6.45, 7) is 0. The molecule has 1 rings (SSSR count). The second kappa shape index (κ2) is 4.73. The van der Waals surface area contributed by atoms with E-state index in [9.17, 15) is 0 Å². The van der Waals surface area contributed by atoms with Crippen LogP contribution in [0.4, 0.5) is 0 Å². The molecule has 3 nitrogen and oxygen atoms in total. The molecule has 0 aliphatic heterocycles. The molecule has 0 fully saturated rings. The van der Waals surface area contributed by atoms with Gasteiger partial charge in [0, 0.05) is 0 Å². The highest BCUT2D eigenvalue weighted by molar-refractivity contribution is 6.08. The molecule has 0 amide bonds. The number of nitrogens with zero attached hydrogens (tertiary/aromatic N) is 2. The molecule has 0 bridgehead atoms. The van der Waals surface area contributed by atoms with E-state index in [1.165, 1.54) is 6.08 Å². The van der Waals surface area contributed by atoms with E-state index in [1.54, 1.807) is 12.1 Å². The average Bonchev–Trinajstić information content (AvgIpc) is 2.21. The number of rotatable bonds is 2. The minimum atomic E-state index is -0.0103. The fourth-order valence-electron chi connectivity index (χ4n) is 0.832. The lowest BCUT2D eigenvalue weighted by Gasteiger charge is -1.89. The van der Waals surface area contributed by atoms with Crippen molar-refractivity contribution in [1.82, 2.24) is 0 Å². The lowest BCUT2D eigenvalue weighted by atomic mass is 10.2. The molecule has 0 aliphatic carbocycles. The van der Waals surface area contributed by atoms with Crippen LogP contribution in [0.5, 0.6) is 0 Å². The van der Waals surface area contributed by atoms with Gasteiger partial charge in [-0.05, 0) is 11.6 Å². The van der Waals surface area contributed by atoms with Gasteiger partial charge in [-0.3, -0.25) is 0 Å². The second-order valence-electron chi connectivity index (χ2n) is 2.34. The summed E-state index contributed by atoms with van der Waals surface area (Å²) in [6, 6.07) is 11.2. The van der Waals surface area contributed by atoms with Gasteiger partial charge >= 0.3 is 0 Å². The van der Waals surface area contributed by atoms with Crippen LogP contribution in [0.15, 0.2) is 41.6 Å². The first-order valence-corrected chi connectivity index (χ1v) is 3.72. The highest BCUT2D eigenvalue weighted by Crippen LogP contribution is 2.00. The Kier molecular flexibility index (Phi) is 3.28. The SMILES string of the molecule is N#CC(/C=C/c1ccccc1)=N/O. The zero-order chi connectivity index (χ0) is 9.52. The predicted molar refractivity (Wildman–Crippen MR) is 50.3 cm³/mol. The summed E-state index contributed by atoms with van der Waals surface area (Å²) in [4.78, 5) is 0. The zero-order valence-electron chi connectivity index (χ0n) is 6.88. The first-order chi connectivity index (χ1) is 6.36. The fraction of sp³-hybridized carbons (Fsp3) is 0. The number of hydrogen-bond donors (Lipinski definition) is 1. The minimum absolute atomic E-state index is 0.0103. The molecule has 0 aromatic heterocycles. The first-order valence-electron chi connectivity index (χ1n) is 3.72. The van der Waals surface area contributed by atoms with Crippen molar-refractivity contribution in [2.75, 3.05) is 0 Å². The van der Waals surface area contributed by atoms with Gasteiger partial charge in [0.2, 0.25) is 0 Å². The quantitative estimate of drug-likeness (QED) is 0.421. The van der Waals surface area contributed by atoms with Crippen molar-refractivity contribution in [3.8, 4) is 6.07 Å². The van der Waals surface area contributed by atoms with Crippen LogP contribution in [-0.4, -0.2) is 10.9 Å². The Morgan fingerprint density at radius 1 is 1.38 bits per heavy atom. The van der Waals surface area contributed by atoms with Crippen molar-refractivity contribution >= 4 is 11.8 Å². The topological polar surface area (TPSA) is 56.4 Å². The van der Waals surface area contributed by atoms with Gasteiger partial charge in [0.25, 0.3) is 0 Å². The Morgan fingerprint density at radius 3 is 2.62 bits per heavy atom. The van der Waals surface area contributed by atoms with Gasteiger partial charge in [-0.15, -0.1) is 0 Å². The molecule has 0 aliphatic rings. The highest BCUT2D eigenvalue weighted by atomic mass is 16.4. The van der Waals surface area contributed by atoms with Crippen molar-refractivity contribution < 1.29 is 5.21 Å². The summed E-state index contributed by atoms with van der Waals surface area (Å²) in [7, 11) is 0. The van der Waals surface area contributed by atoms with Crippen LogP contribution in [0.25, 0.3) is 6.08 Å². The van der Waals surface area contributed by atoms with Crippen molar-refractivity contribution in [2.24, 2.45) is 5.16 Å². The second-order valence-corrected chi connectivity index (χ2v) is 2.34. The summed E-state index contributed by atoms with van der Waals surface area (Å²) < 4.78 is 0. The first kappa shape index (κ1) is 9.01. The molecule has 13 heavy (non-hydrogen) atoms. The van der Waals surface area contributed by atoms with Gasteiger partial charge in [0.15, 0.2) is 5.71 Å². The van der Waals surface area contributed by atoms with Gasteiger partial charge < -0.3 is 5.21 Å². The maximum Gasteiger partial charge on any atom is 0.179 e. The molecule has 1 N–H and O–H groups in total. The molecule has 64 valence electrons. The van der Waals surface area contributed by atoms with Gasteiger partial charge in [0.1, 0.15) is 6.07 Å². The Labute approximate surface area is 76.2 Å². The summed E-state index contributed by atoms with van der Waals surface area (Å²) in [5, 5.41) is 19.5. The normalized spacial score (nSPS) is 11.5. The predicted octanol–water partition coefficient (Wildman–Crippen LogP) is 2.05. The summed E-state index contributed by atoms with van der Waals surface area (Å²) in [6.07, 6.45) is 3.16. The number of nitriles is 1. The molecule has 0 atom stereocenters. The number of oxime groups is 1. The fourth-order valence-corrected chi connectivity index (χ4v) is 0.832. The lowest BCUT2D eigenvalue weighted by Crippen LogP contribution is -1.85. The molecule has 1 aromatic rings. The van der Waals surface area contributed by atoms with Crippen LogP contribution < -0.4 is 0 Å². The molecule has 0 spiro atoms. The van der Waals surface area contributed by atoms with Crippen LogP contribution in [0.2, 0.25) is 0 Å². The van der Waals surface area contributed by atoms with Crippen LogP contribution in [0.1, 0.15) is 5.56 Å². The minimum Gasteiger partial charge on any atom is -0.410 e. The maximum absolute atomic E-state index is 8.41. The third kappa shape index (κ3) is 2.80. The van der Waals surface area contributed by atoms with Gasteiger partial charge in [0.05, 0.1) is 0 Å². The number of allylic oxidation sites excluding steroid dienone is 1. The van der Waals surface area contributed by atoms with E-state index < -0.39 is 0 Å². The van der Waals surface area contributed by atoms with Crippen molar-refractivity contribution in [3.63, 3.8) is 0 Å². The van der Waals surface area contributed by atoms with Gasteiger partial charge in [-0.25, -0.2) is 0 Å². The van der Waals surface area contributed by atoms with Crippen molar-refractivity contribution in [3.05, 3.63) is 42.0 Å². The van der Waals surface area contributed by atoms with E-state index in [0.29, 0.717) is 0 Å². The van der Waals surface area contributed by atoms with Crippen molar-refractivity contribution in [2.45, 2.75) is 0 Å². The largest absolute Gasteiger partial charge is 0.410 e. The van der Waals surface area contributed by atoms with Crippen LogP contribution in [-0.2, 0) is 0 Å². The smallest absolute Gasteiger partial charge is 0.179 e. The van der Waals surface area contributed by atoms with Crippen LogP contribution in [0, 0.1) is 11.3 Å². The van der Waals surface area contributed by atoms with Crippen LogP contribution in [0.3, 0.4) is 0 Å². The number of hydrogen-bond acceptors (Lipinski definition) is 3. The summed E-state index contributed by atoms with van der Waals surface area (Å²) >= 11 is 0. The molecule has 0 saturated heterocycles. The molecule has 0 radical (unpaired) electrons. The third-order valence-electron chi connectivity index (χ3n) is 1.46. The molecule has 1 aromatic carbocycles. The Hall–Kier alpha value is -2.08. The number of benzene rings is 1. The van der Waals surface area contributed by atoms with Gasteiger partial charge in [-0.1, -0.05) is 41.6 Å². The van der Waals surface area contributed by atoms with E-state index in [-0.39, 0.29) is 5.71 Å². The molecule has 3 heteroatoms. The molecular formula is C10H8N2O. The zero-order valence-corrected chi connectivity index (χ0v) is 6.88. The standard InChI is InChI=1S/C10H8N2O/c11-8-10(12-13)7-6-9-4-2-1-3-5-9/h1-7,13H/b7-6+,12-10+. The summed E-state index contributed by atoms with van der Waals surface area (Å²) in [5.74, 6) is 0. The molecule has 0 heterocycles. The van der Waals surface area contributed by atoms with E-state index in [4.69, 9.17) is 10.5 Å². The third-order valence-corrected chi connectivity index (χ3v) is 1.46. The highest BCUT2D eigenvalue weighted by Gasteiger charge is 1.89. The molecular weight excluding hydrogens is 164 g/mol. The molecule has 0 saturated carbocycles. The maximum atomic E-state index is 8.41. The average molecular weight is 172 g/mol. The van der Waals surface area contributed by atoms with E-state index in [0.717, 1.165) is 5.56 Å². The summed E-state index contributed by atoms with van der Waals surface area (Å²) in [5.41, 5.74) is 0.947. The van der Waals surface area contributed by atoms with Gasteiger partial charge in [-0.2, -0.15) is 5.26 Å². The lowest BCUT2D eigenvalue weighted by molar-refractivity contribution is 0.320. The van der Waals surface area contributed by atoms with Crippen LogP contribution >= 0.6 is 0 Å². The van der Waals surface area contributed by atoms with Crippen molar-refractivity contribution in [1.29, 1.82) is 5.26 Å². The van der Waals surface area contributed by atoms with E-state index in [1.807, 2.05) is 30.3 Å². The van der Waals surface area contributed by atoms with E-state index in [2.05, 4.69) is 5.16 Å². The molecule has 0 unspecified atom stereocenters.